The maximum atomic E-state index is 11.3. The summed E-state index contributed by atoms with van der Waals surface area (Å²) in [5, 5.41) is 0. The Morgan fingerprint density at radius 1 is 1.28 bits per heavy atom. The van der Waals surface area contributed by atoms with E-state index in [1.54, 1.807) is 13.0 Å². The highest BCUT2D eigenvalue weighted by Crippen LogP contribution is 2.21. The summed E-state index contributed by atoms with van der Waals surface area (Å²) >= 11 is 0. The Labute approximate surface area is 103 Å². The highest BCUT2D eigenvalue weighted by Gasteiger charge is 2.29. The number of hydrogen-bond acceptors (Lipinski definition) is 5. The third-order valence-corrected chi connectivity index (χ3v) is 2.43. The molecule has 0 fully saturated rings. The van der Waals surface area contributed by atoms with E-state index < -0.39 is 17.9 Å². The van der Waals surface area contributed by atoms with Crippen LogP contribution in [-0.4, -0.2) is 17.9 Å². The predicted octanol–water partition coefficient (Wildman–Crippen LogP) is 1.62. The van der Waals surface area contributed by atoms with Crippen molar-refractivity contribution in [1.29, 1.82) is 0 Å². The van der Waals surface area contributed by atoms with E-state index in [1.807, 2.05) is 0 Å². The van der Waals surface area contributed by atoms with E-state index in [4.69, 9.17) is 4.74 Å². The predicted molar refractivity (Wildman–Crippen MR) is 60.8 cm³/mol. The average molecular weight is 246 g/mol. The first kappa shape index (κ1) is 12.0. The molecule has 1 aliphatic heterocycles. The topological polar surface area (TPSA) is 69.7 Å². The molecule has 5 heteroatoms. The molecule has 92 valence electrons. The van der Waals surface area contributed by atoms with Crippen LogP contribution >= 0.6 is 0 Å². The van der Waals surface area contributed by atoms with E-state index in [1.165, 1.54) is 12.1 Å². The summed E-state index contributed by atoms with van der Waals surface area (Å²) < 4.78 is 9.39. The molecule has 1 aromatic rings. The second kappa shape index (κ2) is 4.44. The molecule has 0 aliphatic carbocycles. The summed E-state index contributed by atoms with van der Waals surface area (Å²) in [4.78, 5) is 33.7. The number of carbonyl (C=O) groups excluding carboxylic acids is 3. The third-order valence-electron chi connectivity index (χ3n) is 2.43. The van der Waals surface area contributed by atoms with Gasteiger partial charge in [0.2, 0.25) is 0 Å². The van der Waals surface area contributed by atoms with Crippen molar-refractivity contribution in [3.05, 3.63) is 47.0 Å². The van der Waals surface area contributed by atoms with Gasteiger partial charge in [0.1, 0.15) is 6.61 Å². The second-order valence-electron chi connectivity index (χ2n) is 3.91. The second-order valence-corrected chi connectivity index (χ2v) is 3.91. The molecular formula is C13H10O5. The maximum Gasteiger partial charge on any atom is 0.346 e. The maximum absolute atomic E-state index is 11.3. The van der Waals surface area contributed by atoms with Crippen LogP contribution in [0.5, 0.6) is 0 Å². The molecule has 0 aromatic heterocycles. The van der Waals surface area contributed by atoms with Gasteiger partial charge in [0.05, 0.1) is 11.1 Å². The zero-order valence-electron chi connectivity index (χ0n) is 9.69. The van der Waals surface area contributed by atoms with E-state index in [0.29, 0.717) is 11.1 Å². The van der Waals surface area contributed by atoms with E-state index in [-0.39, 0.29) is 17.7 Å². The SMILES string of the molecule is C=C(C)C(=O)OCc1ccc2c(c1)C(=O)OC2=O. The largest absolute Gasteiger partial charge is 0.457 e. The Hall–Kier alpha value is -2.43. The van der Waals surface area contributed by atoms with E-state index in [2.05, 4.69) is 11.3 Å². The van der Waals surface area contributed by atoms with E-state index in [9.17, 15) is 14.4 Å². The van der Waals surface area contributed by atoms with Crippen molar-refractivity contribution in [2.45, 2.75) is 13.5 Å². The fourth-order valence-corrected chi connectivity index (χ4v) is 1.49. The first-order valence-electron chi connectivity index (χ1n) is 5.21. The quantitative estimate of drug-likeness (QED) is 0.460. The molecule has 0 saturated heterocycles. The monoisotopic (exact) mass is 246 g/mol. The Kier molecular flexibility index (Phi) is 2.97. The molecular weight excluding hydrogens is 236 g/mol. The van der Waals surface area contributed by atoms with E-state index >= 15 is 0 Å². The zero-order valence-corrected chi connectivity index (χ0v) is 9.69. The molecule has 0 unspecified atom stereocenters. The van der Waals surface area contributed by atoms with Crippen LogP contribution in [0.1, 0.15) is 33.2 Å². The lowest BCUT2D eigenvalue weighted by molar-refractivity contribution is -0.140. The number of rotatable bonds is 3. The molecule has 1 heterocycles. The molecule has 0 N–H and O–H groups in total. The first-order chi connectivity index (χ1) is 8.49. The summed E-state index contributed by atoms with van der Waals surface area (Å²) in [5.41, 5.74) is 1.33. The summed E-state index contributed by atoms with van der Waals surface area (Å²) in [6.45, 7) is 5.01. The minimum atomic E-state index is -0.678. The van der Waals surface area contributed by atoms with Crippen molar-refractivity contribution in [2.75, 3.05) is 0 Å². The van der Waals surface area contributed by atoms with Crippen LogP contribution in [0.15, 0.2) is 30.4 Å². The van der Waals surface area contributed by atoms with Gasteiger partial charge in [-0.15, -0.1) is 0 Å². The third kappa shape index (κ3) is 2.15. The van der Waals surface area contributed by atoms with Crippen LogP contribution < -0.4 is 0 Å². The molecule has 1 aliphatic rings. The van der Waals surface area contributed by atoms with Crippen molar-refractivity contribution in [2.24, 2.45) is 0 Å². The van der Waals surface area contributed by atoms with Crippen LogP contribution in [0.3, 0.4) is 0 Å². The Balaban J connectivity index is 2.15. The van der Waals surface area contributed by atoms with Crippen molar-refractivity contribution in [3.63, 3.8) is 0 Å². The summed E-state index contributed by atoms with van der Waals surface area (Å²) in [7, 11) is 0. The number of fused-ring (bicyclic) bond motifs is 1. The number of carbonyl (C=O) groups is 3. The van der Waals surface area contributed by atoms with Crippen molar-refractivity contribution in [1.82, 2.24) is 0 Å². The number of ether oxygens (including phenoxy) is 2. The minimum Gasteiger partial charge on any atom is -0.457 e. The highest BCUT2D eigenvalue weighted by molar-refractivity contribution is 6.14. The fraction of sp³-hybridized carbons (Fsp3) is 0.154. The van der Waals surface area contributed by atoms with Crippen LogP contribution in [0.25, 0.3) is 0 Å². The van der Waals surface area contributed by atoms with Crippen molar-refractivity contribution in [3.8, 4) is 0 Å². The molecule has 0 radical (unpaired) electrons. The molecule has 0 saturated carbocycles. The number of hydrogen-bond donors (Lipinski definition) is 0. The molecule has 18 heavy (non-hydrogen) atoms. The highest BCUT2D eigenvalue weighted by atomic mass is 16.6. The van der Waals surface area contributed by atoms with Gasteiger partial charge in [-0.25, -0.2) is 14.4 Å². The molecule has 0 atom stereocenters. The lowest BCUT2D eigenvalue weighted by Gasteiger charge is -2.04. The van der Waals surface area contributed by atoms with Crippen LogP contribution in [0.2, 0.25) is 0 Å². The summed E-state index contributed by atoms with van der Waals surface area (Å²) in [6, 6.07) is 4.56. The van der Waals surface area contributed by atoms with Gasteiger partial charge in [-0.1, -0.05) is 12.6 Å². The summed E-state index contributed by atoms with van der Waals surface area (Å²) in [5.74, 6) is -1.84. The molecule has 2 rings (SSSR count). The fourth-order valence-electron chi connectivity index (χ4n) is 1.49. The van der Waals surface area contributed by atoms with Gasteiger partial charge in [-0.2, -0.15) is 0 Å². The standard InChI is InChI=1S/C13H10O5/c1-7(2)11(14)17-6-8-3-4-9-10(5-8)13(16)18-12(9)15/h3-5H,1,6H2,2H3. The summed E-state index contributed by atoms with van der Waals surface area (Å²) in [6.07, 6.45) is 0. The molecule has 0 spiro atoms. The van der Waals surface area contributed by atoms with Gasteiger partial charge in [-0.3, -0.25) is 0 Å². The van der Waals surface area contributed by atoms with Gasteiger partial charge in [0, 0.05) is 5.57 Å². The minimum absolute atomic E-state index is 0.0143. The molecule has 1 aromatic carbocycles. The first-order valence-corrected chi connectivity index (χ1v) is 5.21. The number of benzene rings is 1. The van der Waals surface area contributed by atoms with Gasteiger partial charge in [-0.05, 0) is 24.6 Å². The van der Waals surface area contributed by atoms with Gasteiger partial charge >= 0.3 is 17.9 Å². The molecule has 0 amide bonds. The molecule has 0 bridgehead atoms. The van der Waals surface area contributed by atoms with Crippen molar-refractivity contribution >= 4 is 17.9 Å². The average Bonchev–Trinajstić information content (AvgIpc) is 2.61. The zero-order chi connectivity index (χ0) is 13.3. The van der Waals surface area contributed by atoms with Gasteiger partial charge < -0.3 is 9.47 Å². The van der Waals surface area contributed by atoms with Gasteiger partial charge in [0.25, 0.3) is 0 Å². The number of cyclic esters (lactones) is 2. The Morgan fingerprint density at radius 2 is 1.94 bits per heavy atom. The van der Waals surface area contributed by atoms with Crippen LogP contribution in [-0.2, 0) is 20.9 Å². The Bertz CT molecular complexity index is 571. The van der Waals surface area contributed by atoms with Gasteiger partial charge in [0.15, 0.2) is 0 Å². The Morgan fingerprint density at radius 3 is 2.61 bits per heavy atom. The molecule has 5 nitrogen and oxygen atoms in total. The van der Waals surface area contributed by atoms with Crippen molar-refractivity contribution < 1.29 is 23.9 Å². The smallest absolute Gasteiger partial charge is 0.346 e. The lowest BCUT2D eigenvalue weighted by Crippen LogP contribution is -2.05. The van der Waals surface area contributed by atoms with Crippen LogP contribution in [0, 0.1) is 0 Å². The van der Waals surface area contributed by atoms with Crippen LogP contribution in [0.4, 0.5) is 0 Å². The van der Waals surface area contributed by atoms with E-state index in [0.717, 1.165) is 0 Å². The normalized spacial score (nSPS) is 12.9. The number of esters is 3. The lowest BCUT2D eigenvalue weighted by atomic mass is 10.1.